The van der Waals surface area contributed by atoms with Crippen LogP contribution < -0.4 is 11.5 Å². The molecule has 0 unspecified atom stereocenters. The standard InChI is InChI=1S/C4H11N3.HNO3/c1-3(2)7-4(5)6;2-1(3)4/h3H,1-2H3,(H4,5,6,7);(H,2,3,4). The molecule has 0 radical (unpaired) electrons. The van der Waals surface area contributed by atoms with Crippen molar-refractivity contribution in [3.05, 3.63) is 10.1 Å². The summed E-state index contributed by atoms with van der Waals surface area (Å²) in [4.78, 5) is 12.1. The van der Waals surface area contributed by atoms with Gasteiger partial charge in [-0.25, -0.2) is 0 Å². The smallest absolute Gasteiger partial charge is 0.291 e. The molecule has 7 heteroatoms. The number of guanidine groups is 1. The van der Waals surface area contributed by atoms with Crippen molar-refractivity contribution in [2.24, 2.45) is 16.5 Å². The van der Waals surface area contributed by atoms with Crippen LogP contribution in [0.15, 0.2) is 4.99 Å². The number of nitrogens with zero attached hydrogens (tertiary/aromatic N) is 2. The maximum atomic E-state index is 8.36. The van der Waals surface area contributed by atoms with Gasteiger partial charge in [-0.3, -0.25) is 4.99 Å². The predicted octanol–water partition coefficient (Wildman–Crippen LogP) is -0.679. The van der Waals surface area contributed by atoms with Crippen molar-refractivity contribution < 1.29 is 10.3 Å². The first-order valence-electron chi connectivity index (χ1n) is 2.78. The van der Waals surface area contributed by atoms with Crippen LogP contribution in [-0.4, -0.2) is 22.3 Å². The van der Waals surface area contributed by atoms with E-state index in [0.29, 0.717) is 0 Å². The highest BCUT2D eigenvalue weighted by molar-refractivity contribution is 5.75. The zero-order valence-electron chi connectivity index (χ0n) is 6.39. The number of nitrogens with two attached hydrogens (primary N) is 2. The molecule has 0 atom stereocenters. The average Bonchev–Trinajstić information content (AvgIpc) is 1.56. The number of aliphatic imine (C=N–C) groups is 1. The molecule has 0 saturated heterocycles. The van der Waals surface area contributed by atoms with Gasteiger partial charge in [0.1, 0.15) is 0 Å². The van der Waals surface area contributed by atoms with E-state index in [1.165, 1.54) is 0 Å². The number of rotatable bonds is 1. The molecule has 0 aromatic heterocycles. The topological polar surface area (TPSA) is 128 Å². The monoisotopic (exact) mass is 164 g/mol. The highest BCUT2D eigenvalue weighted by Gasteiger charge is 1.83. The van der Waals surface area contributed by atoms with E-state index in [4.69, 9.17) is 26.8 Å². The predicted molar refractivity (Wildman–Crippen MR) is 39.7 cm³/mol. The van der Waals surface area contributed by atoms with E-state index in [1.807, 2.05) is 13.8 Å². The van der Waals surface area contributed by atoms with E-state index in [0.717, 1.165) is 0 Å². The normalized spacial score (nSPS) is 7.91. The van der Waals surface area contributed by atoms with E-state index in [9.17, 15) is 0 Å². The summed E-state index contributed by atoms with van der Waals surface area (Å²) in [5.41, 5.74) is 10.0. The Hall–Kier alpha value is -1.53. The molecule has 7 nitrogen and oxygen atoms in total. The van der Waals surface area contributed by atoms with Crippen molar-refractivity contribution in [3.8, 4) is 0 Å². The molecule has 0 bridgehead atoms. The summed E-state index contributed by atoms with van der Waals surface area (Å²) in [5.74, 6) is 0.162. The first kappa shape index (κ1) is 12.2. The summed E-state index contributed by atoms with van der Waals surface area (Å²) in [6.07, 6.45) is 0. The third-order valence-electron chi connectivity index (χ3n) is 0.407. The van der Waals surface area contributed by atoms with Crippen LogP contribution in [-0.2, 0) is 0 Å². The maximum Gasteiger partial charge on any atom is 0.291 e. The molecule has 0 aromatic rings. The molecule has 0 saturated carbocycles. The minimum Gasteiger partial charge on any atom is -0.370 e. The van der Waals surface area contributed by atoms with Gasteiger partial charge in [0.25, 0.3) is 5.09 Å². The average molecular weight is 164 g/mol. The van der Waals surface area contributed by atoms with Crippen LogP contribution in [0.5, 0.6) is 0 Å². The second-order valence-electron chi connectivity index (χ2n) is 1.89. The van der Waals surface area contributed by atoms with Crippen LogP contribution in [0.25, 0.3) is 0 Å². The molecule has 0 spiro atoms. The molecule has 11 heavy (non-hydrogen) atoms. The van der Waals surface area contributed by atoms with Crippen LogP contribution >= 0.6 is 0 Å². The largest absolute Gasteiger partial charge is 0.370 e. The van der Waals surface area contributed by atoms with Gasteiger partial charge < -0.3 is 16.7 Å². The third-order valence-corrected chi connectivity index (χ3v) is 0.407. The van der Waals surface area contributed by atoms with Gasteiger partial charge in [-0.2, -0.15) is 0 Å². The van der Waals surface area contributed by atoms with Crippen LogP contribution in [0.2, 0.25) is 0 Å². The Morgan fingerprint density at radius 3 is 1.91 bits per heavy atom. The third kappa shape index (κ3) is 58.1. The van der Waals surface area contributed by atoms with E-state index in [-0.39, 0.29) is 12.0 Å². The molecule has 0 rings (SSSR count). The minimum atomic E-state index is -1.50. The summed E-state index contributed by atoms with van der Waals surface area (Å²) in [6.45, 7) is 3.83. The minimum absolute atomic E-state index is 0.162. The second-order valence-corrected chi connectivity index (χ2v) is 1.89. The lowest BCUT2D eigenvalue weighted by Crippen LogP contribution is -2.24. The van der Waals surface area contributed by atoms with Gasteiger partial charge in [0, 0.05) is 6.04 Å². The molecule has 5 N–H and O–H groups in total. The summed E-state index contributed by atoms with van der Waals surface area (Å²) in [6, 6.07) is 0.213. The SMILES string of the molecule is CC(C)N=C(N)N.O=[N+]([O-])O. The van der Waals surface area contributed by atoms with E-state index >= 15 is 0 Å². The van der Waals surface area contributed by atoms with Gasteiger partial charge in [-0.15, -0.1) is 10.1 Å². The Labute approximate surface area is 63.8 Å². The lowest BCUT2D eigenvalue weighted by molar-refractivity contribution is -0.742. The van der Waals surface area contributed by atoms with Crippen molar-refractivity contribution in [2.75, 3.05) is 0 Å². The summed E-state index contributed by atoms with van der Waals surface area (Å²) in [7, 11) is 0. The molecule has 0 aliphatic carbocycles. The molecule has 0 aliphatic rings. The Morgan fingerprint density at radius 1 is 1.64 bits per heavy atom. The Bertz CT molecular complexity index is 136. The van der Waals surface area contributed by atoms with E-state index in [1.54, 1.807) is 0 Å². The maximum absolute atomic E-state index is 8.36. The fourth-order valence-electron chi connectivity index (χ4n) is 0.298. The van der Waals surface area contributed by atoms with Crippen LogP contribution in [0.3, 0.4) is 0 Å². The fraction of sp³-hybridized carbons (Fsp3) is 0.750. The molecule has 0 fully saturated rings. The van der Waals surface area contributed by atoms with Crippen molar-refractivity contribution in [1.29, 1.82) is 0 Å². The van der Waals surface area contributed by atoms with Crippen molar-refractivity contribution >= 4 is 5.96 Å². The van der Waals surface area contributed by atoms with E-state index in [2.05, 4.69) is 4.99 Å². The summed E-state index contributed by atoms with van der Waals surface area (Å²) >= 11 is 0. The first-order chi connectivity index (χ1) is 4.86. The van der Waals surface area contributed by atoms with Gasteiger partial charge in [0.15, 0.2) is 5.96 Å². The van der Waals surface area contributed by atoms with Crippen molar-refractivity contribution in [2.45, 2.75) is 19.9 Å². The van der Waals surface area contributed by atoms with E-state index < -0.39 is 5.09 Å². The van der Waals surface area contributed by atoms with Crippen molar-refractivity contribution in [1.82, 2.24) is 0 Å². The highest BCUT2D eigenvalue weighted by atomic mass is 16.9. The zero-order valence-corrected chi connectivity index (χ0v) is 6.39. The second kappa shape index (κ2) is 6.59. The van der Waals surface area contributed by atoms with Gasteiger partial charge >= 0.3 is 0 Å². The Morgan fingerprint density at radius 2 is 1.91 bits per heavy atom. The molecule has 0 heterocycles. The zero-order chi connectivity index (χ0) is 9.44. The Kier molecular flexibility index (Phi) is 7.29. The number of hydrogen-bond donors (Lipinski definition) is 3. The lowest BCUT2D eigenvalue weighted by Gasteiger charge is -1.93. The summed E-state index contributed by atoms with van der Waals surface area (Å²) < 4.78 is 0. The molecule has 0 amide bonds. The van der Waals surface area contributed by atoms with Gasteiger partial charge in [-0.1, -0.05) is 0 Å². The van der Waals surface area contributed by atoms with Gasteiger partial charge in [-0.05, 0) is 13.8 Å². The van der Waals surface area contributed by atoms with Crippen molar-refractivity contribution in [3.63, 3.8) is 0 Å². The van der Waals surface area contributed by atoms with Crippen LogP contribution in [0.1, 0.15) is 13.8 Å². The first-order valence-corrected chi connectivity index (χ1v) is 2.78. The number of hydrogen-bond acceptors (Lipinski definition) is 3. The fourth-order valence-corrected chi connectivity index (χ4v) is 0.298. The summed E-state index contributed by atoms with van der Waals surface area (Å²) in [5, 5.41) is 13.6. The molecular formula is C4H12N4O3. The van der Waals surface area contributed by atoms with Crippen LogP contribution in [0, 0.1) is 10.1 Å². The lowest BCUT2D eigenvalue weighted by atomic mass is 10.4. The molecule has 0 aromatic carbocycles. The highest BCUT2D eigenvalue weighted by Crippen LogP contribution is 1.80. The van der Waals surface area contributed by atoms with Crippen LogP contribution in [0.4, 0.5) is 0 Å². The Balaban J connectivity index is 0. The molecular weight excluding hydrogens is 152 g/mol. The van der Waals surface area contributed by atoms with Gasteiger partial charge in [0.05, 0.1) is 0 Å². The molecule has 66 valence electrons. The molecule has 0 aliphatic heterocycles. The van der Waals surface area contributed by atoms with Gasteiger partial charge in [0.2, 0.25) is 0 Å². The quantitative estimate of drug-likeness (QED) is 0.205.